The van der Waals surface area contributed by atoms with Gasteiger partial charge in [-0.2, -0.15) is 5.10 Å². The topological polar surface area (TPSA) is 58.2 Å². The normalized spacial score (nSPS) is 15.3. The monoisotopic (exact) mass is 209 g/mol. The molecule has 0 spiro atoms. The summed E-state index contributed by atoms with van der Waals surface area (Å²) in [5.74, 6) is 0.0447. The predicted molar refractivity (Wildman–Crippen MR) is 54.5 cm³/mol. The van der Waals surface area contributed by atoms with E-state index < -0.39 is 0 Å². The van der Waals surface area contributed by atoms with E-state index >= 15 is 0 Å². The number of carbonyl (C=O) groups excluding carboxylic acids is 1. The zero-order chi connectivity index (χ0) is 10.7. The SMILES string of the molecule is COCCN(C(=O)c1cn[nH]c1)C1CC1. The number of hydrogen-bond acceptors (Lipinski definition) is 3. The van der Waals surface area contributed by atoms with Crippen LogP contribution in [0.5, 0.6) is 0 Å². The molecule has 1 aliphatic rings. The van der Waals surface area contributed by atoms with Crippen molar-refractivity contribution >= 4 is 5.91 Å². The third-order valence-electron chi connectivity index (χ3n) is 2.53. The minimum Gasteiger partial charge on any atom is -0.383 e. The number of hydrogen-bond donors (Lipinski definition) is 1. The highest BCUT2D eigenvalue weighted by molar-refractivity contribution is 5.94. The number of carbonyl (C=O) groups is 1. The molecule has 82 valence electrons. The fraction of sp³-hybridized carbons (Fsp3) is 0.600. The summed E-state index contributed by atoms with van der Waals surface area (Å²) >= 11 is 0. The fourth-order valence-corrected chi connectivity index (χ4v) is 1.56. The summed E-state index contributed by atoms with van der Waals surface area (Å²) in [5.41, 5.74) is 0.623. The second kappa shape index (κ2) is 4.44. The van der Waals surface area contributed by atoms with Gasteiger partial charge < -0.3 is 9.64 Å². The van der Waals surface area contributed by atoms with Gasteiger partial charge in [-0.15, -0.1) is 0 Å². The summed E-state index contributed by atoms with van der Waals surface area (Å²) in [7, 11) is 1.65. The highest BCUT2D eigenvalue weighted by Crippen LogP contribution is 2.27. The lowest BCUT2D eigenvalue weighted by atomic mass is 10.3. The smallest absolute Gasteiger partial charge is 0.257 e. The molecule has 1 saturated carbocycles. The fourth-order valence-electron chi connectivity index (χ4n) is 1.56. The lowest BCUT2D eigenvalue weighted by molar-refractivity contribution is 0.0680. The average Bonchev–Trinajstić information content (AvgIpc) is 2.94. The maximum Gasteiger partial charge on any atom is 0.257 e. The highest BCUT2D eigenvalue weighted by Gasteiger charge is 2.32. The first-order valence-corrected chi connectivity index (χ1v) is 5.11. The Morgan fingerprint density at radius 3 is 3.07 bits per heavy atom. The number of methoxy groups -OCH3 is 1. The van der Waals surface area contributed by atoms with Gasteiger partial charge in [0.2, 0.25) is 0 Å². The van der Waals surface area contributed by atoms with Crippen molar-refractivity contribution in [1.82, 2.24) is 15.1 Å². The van der Waals surface area contributed by atoms with Crippen molar-refractivity contribution in [2.75, 3.05) is 20.3 Å². The van der Waals surface area contributed by atoms with Crippen LogP contribution in [-0.2, 0) is 4.74 Å². The Labute approximate surface area is 88.4 Å². The van der Waals surface area contributed by atoms with Gasteiger partial charge in [-0.1, -0.05) is 0 Å². The van der Waals surface area contributed by atoms with Crippen LogP contribution in [0.3, 0.4) is 0 Å². The zero-order valence-corrected chi connectivity index (χ0v) is 8.77. The van der Waals surface area contributed by atoms with E-state index in [-0.39, 0.29) is 5.91 Å². The largest absolute Gasteiger partial charge is 0.383 e. The molecule has 0 atom stereocenters. The van der Waals surface area contributed by atoms with Gasteiger partial charge >= 0.3 is 0 Å². The lowest BCUT2D eigenvalue weighted by Gasteiger charge is -2.21. The van der Waals surface area contributed by atoms with E-state index in [2.05, 4.69) is 10.2 Å². The van der Waals surface area contributed by atoms with Gasteiger partial charge in [0.25, 0.3) is 5.91 Å². The van der Waals surface area contributed by atoms with Crippen molar-refractivity contribution in [2.24, 2.45) is 0 Å². The van der Waals surface area contributed by atoms with Crippen molar-refractivity contribution in [3.8, 4) is 0 Å². The quantitative estimate of drug-likeness (QED) is 0.775. The molecular formula is C10H15N3O2. The van der Waals surface area contributed by atoms with Crippen LogP contribution in [0, 0.1) is 0 Å². The molecule has 0 aromatic carbocycles. The predicted octanol–water partition coefficient (Wildman–Crippen LogP) is 0.661. The van der Waals surface area contributed by atoms with Crippen molar-refractivity contribution in [3.63, 3.8) is 0 Å². The van der Waals surface area contributed by atoms with Crippen LogP contribution in [0.1, 0.15) is 23.2 Å². The number of nitrogens with zero attached hydrogens (tertiary/aromatic N) is 2. The number of rotatable bonds is 5. The van der Waals surface area contributed by atoms with Crippen LogP contribution in [0.2, 0.25) is 0 Å². The zero-order valence-electron chi connectivity index (χ0n) is 8.77. The first kappa shape index (κ1) is 10.2. The molecule has 1 amide bonds. The van der Waals surface area contributed by atoms with Gasteiger partial charge in [0, 0.05) is 25.9 Å². The number of amides is 1. The number of aromatic amines is 1. The minimum atomic E-state index is 0.0447. The molecule has 0 radical (unpaired) electrons. The summed E-state index contributed by atoms with van der Waals surface area (Å²) in [6.07, 6.45) is 5.40. The van der Waals surface area contributed by atoms with E-state index in [0.717, 1.165) is 12.8 Å². The van der Waals surface area contributed by atoms with E-state index in [1.54, 1.807) is 19.5 Å². The van der Waals surface area contributed by atoms with Gasteiger partial charge in [0.1, 0.15) is 0 Å². The van der Waals surface area contributed by atoms with E-state index in [1.807, 2.05) is 4.90 Å². The molecule has 1 aromatic heterocycles. The maximum atomic E-state index is 12.0. The Morgan fingerprint density at radius 1 is 1.73 bits per heavy atom. The first-order valence-electron chi connectivity index (χ1n) is 5.11. The Morgan fingerprint density at radius 2 is 2.53 bits per heavy atom. The standard InChI is InChI=1S/C10H15N3O2/c1-15-5-4-13(9-2-3-9)10(14)8-6-11-12-7-8/h6-7,9H,2-5H2,1H3,(H,11,12). The molecule has 5 nitrogen and oxygen atoms in total. The molecule has 15 heavy (non-hydrogen) atoms. The summed E-state index contributed by atoms with van der Waals surface area (Å²) in [6, 6.07) is 0.405. The van der Waals surface area contributed by atoms with Gasteiger partial charge in [-0.05, 0) is 12.8 Å². The number of nitrogens with one attached hydrogen (secondary N) is 1. The van der Waals surface area contributed by atoms with Crippen LogP contribution < -0.4 is 0 Å². The molecule has 1 heterocycles. The first-order chi connectivity index (χ1) is 7.33. The van der Waals surface area contributed by atoms with Crippen molar-refractivity contribution < 1.29 is 9.53 Å². The number of H-pyrrole nitrogens is 1. The molecule has 0 saturated heterocycles. The van der Waals surface area contributed by atoms with Gasteiger partial charge in [-0.3, -0.25) is 9.89 Å². The second-order valence-electron chi connectivity index (χ2n) is 3.71. The van der Waals surface area contributed by atoms with Crippen LogP contribution >= 0.6 is 0 Å². The van der Waals surface area contributed by atoms with Crippen LogP contribution in [0.4, 0.5) is 0 Å². The maximum absolute atomic E-state index is 12.0. The third kappa shape index (κ3) is 2.36. The molecule has 0 unspecified atom stereocenters. The van der Waals surface area contributed by atoms with Crippen LogP contribution in [0.25, 0.3) is 0 Å². The minimum absolute atomic E-state index is 0.0447. The van der Waals surface area contributed by atoms with Crippen molar-refractivity contribution in [3.05, 3.63) is 18.0 Å². The van der Waals surface area contributed by atoms with Gasteiger partial charge in [0.05, 0.1) is 18.4 Å². The molecular weight excluding hydrogens is 194 g/mol. The molecule has 0 bridgehead atoms. The van der Waals surface area contributed by atoms with E-state index in [4.69, 9.17) is 4.74 Å². The third-order valence-corrected chi connectivity index (χ3v) is 2.53. The Balaban J connectivity index is 2.01. The molecule has 0 aliphatic heterocycles. The summed E-state index contributed by atoms with van der Waals surface area (Å²) in [4.78, 5) is 13.9. The van der Waals surface area contributed by atoms with Gasteiger partial charge in [-0.25, -0.2) is 0 Å². The summed E-state index contributed by atoms with van der Waals surface area (Å²) < 4.78 is 5.00. The van der Waals surface area contributed by atoms with E-state index in [1.165, 1.54) is 0 Å². The number of aromatic nitrogens is 2. The summed E-state index contributed by atoms with van der Waals surface area (Å²) in [6.45, 7) is 1.24. The summed E-state index contributed by atoms with van der Waals surface area (Å²) in [5, 5.41) is 6.43. The molecule has 1 N–H and O–H groups in total. The number of ether oxygens (including phenoxy) is 1. The Bertz CT molecular complexity index is 319. The van der Waals surface area contributed by atoms with Crippen LogP contribution in [-0.4, -0.2) is 47.3 Å². The average molecular weight is 209 g/mol. The Hall–Kier alpha value is -1.36. The van der Waals surface area contributed by atoms with Crippen molar-refractivity contribution in [1.29, 1.82) is 0 Å². The molecule has 5 heteroatoms. The van der Waals surface area contributed by atoms with Gasteiger partial charge in [0.15, 0.2) is 0 Å². The molecule has 1 aliphatic carbocycles. The molecule has 2 rings (SSSR count). The molecule has 1 fully saturated rings. The highest BCUT2D eigenvalue weighted by atomic mass is 16.5. The Kier molecular flexibility index (Phi) is 3.01. The van der Waals surface area contributed by atoms with Crippen LogP contribution in [0.15, 0.2) is 12.4 Å². The lowest BCUT2D eigenvalue weighted by Crippen LogP contribution is -2.35. The van der Waals surface area contributed by atoms with Crippen molar-refractivity contribution in [2.45, 2.75) is 18.9 Å². The van der Waals surface area contributed by atoms with E-state index in [0.29, 0.717) is 24.8 Å². The van der Waals surface area contributed by atoms with E-state index in [9.17, 15) is 4.79 Å². The molecule has 1 aromatic rings. The second-order valence-corrected chi connectivity index (χ2v) is 3.71.